The molecular weight excluding hydrogens is 394 g/mol. The molecule has 0 bridgehead atoms. The van der Waals surface area contributed by atoms with Gasteiger partial charge in [-0.1, -0.05) is 37.6 Å². The molecule has 8 heteroatoms. The molecule has 0 aliphatic rings. The summed E-state index contributed by atoms with van der Waals surface area (Å²) in [5.41, 5.74) is 3.13. The van der Waals surface area contributed by atoms with Crippen LogP contribution in [0.3, 0.4) is 0 Å². The van der Waals surface area contributed by atoms with Crippen molar-refractivity contribution < 1.29 is 9.53 Å². The second-order valence-electron chi connectivity index (χ2n) is 7.51. The Morgan fingerprint density at radius 2 is 1.94 bits per heavy atom. The summed E-state index contributed by atoms with van der Waals surface area (Å²) in [6, 6.07) is 13.0. The first-order valence-corrected chi connectivity index (χ1v) is 10.4. The van der Waals surface area contributed by atoms with Crippen LogP contribution in [0.1, 0.15) is 30.9 Å². The molecule has 2 aromatic heterocycles. The van der Waals surface area contributed by atoms with Crippen molar-refractivity contribution in [2.45, 2.75) is 40.2 Å². The van der Waals surface area contributed by atoms with Gasteiger partial charge in [-0.05, 0) is 49.6 Å². The molecule has 8 nitrogen and oxygen atoms in total. The first-order valence-electron chi connectivity index (χ1n) is 10.4. The molecule has 1 amide bonds. The zero-order chi connectivity index (χ0) is 22.0. The maximum Gasteiger partial charge on any atom is 0.351 e. The van der Waals surface area contributed by atoms with Gasteiger partial charge in [0.05, 0.1) is 11.0 Å². The molecule has 31 heavy (non-hydrogen) atoms. The van der Waals surface area contributed by atoms with Gasteiger partial charge in [0.15, 0.2) is 0 Å². The van der Waals surface area contributed by atoms with Crippen LogP contribution >= 0.6 is 0 Å². The lowest BCUT2D eigenvalue weighted by Crippen LogP contribution is -2.33. The summed E-state index contributed by atoms with van der Waals surface area (Å²) < 4.78 is 8.72. The van der Waals surface area contributed by atoms with Crippen LogP contribution in [0.4, 0.5) is 0 Å². The summed E-state index contributed by atoms with van der Waals surface area (Å²) in [6.07, 6.45) is 1.86. The minimum absolute atomic E-state index is 0.165. The molecule has 0 aliphatic heterocycles. The fourth-order valence-electron chi connectivity index (χ4n) is 3.38. The highest BCUT2D eigenvalue weighted by Gasteiger charge is 2.19. The summed E-state index contributed by atoms with van der Waals surface area (Å²) in [5, 5.41) is 7.21. The lowest BCUT2D eigenvalue weighted by Gasteiger charge is -2.11. The summed E-state index contributed by atoms with van der Waals surface area (Å²) in [4.78, 5) is 30.0. The molecule has 0 atom stereocenters. The number of fused-ring (bicyclic) bond motifs is 3. The predicted molar refractivity (Wildman–Crippen MR) is 119 cm³/mol. The molecule has 4 rings (SSSR count). The second-order valence-corrected chi connectivity index (χ2v) is 7.51. The number of amides is 1. The Hall–Kier alpha value is -3.68. The number of rotatable bonds is 7. The van der Waals surface area contributed by atoms with Gasteiger partial charge in [-0.25, -0.2) is 18.9 Å². The smallest absolute Gasteiger partial charge is 0.351 e. The minimum atomic E-state index is -0.412. The fourth-order valence-corrected chi connectivity index (χ4v) is 3.38. The Labute approximate surface area is 179 Å². The number of para-hydroxylation sites is 2. The van der Waals surface area contributed by atoms with E-state index in [1.54, 1.807) is 6.07 Å². The van der Waals surface area contributed by atoms with Crippen molar-refractivity contribution in [1.82, 2.24) is 24.5 Å². The molecule has 160 valence electrons. The highest BCUT2D eigenvalue weighted by Crippen LogP contribution is 2.29. The lowest BCUT2D eigenvalue weighted by atomic mass is 10.1. The van der Waals surface area contributed by atoms with Crippen LogP contribution in [0.2, 0.25) is 0 Å². The third-order valence-electron chi connectivity index (χ3n) is 5.28. The molecule has 2 aromatic carbocycles. The Kier molecular flexibility index (Phi) is 5.70. The van der Waals surface area contributed by atoms with Crippen LogP contribution in [0, 0.1) is 13.8 Å². The Balaban J connectivity index is 1.81. The molecule has 0 unspecified atom stereocenters. The number of ether oxygens (including phenoxy) is 1. The van der Waals surface area contributed by atoms with Gasteiger partial charge in [0.1, 0.15) is 12.3 Å². The Bertz CT molecular complexity index is 1320. The third-order valence-corrected chi connectivity index (χ3v) is 5.28. The van der Waals surface area contributed by atoms with Crippen LogP contribution in [0.5, 0.6) is 11.6 Å². The normalized spacial score (nSPS) is 11.2. The SMILES string of the molecule is CCCCNC(=O)Cn1nc2c(Oc3cccc(C)c3C)nc3ccccc3n2c1=O. The van der Waals surface area contributed by atoms with Gasteiger partial charge in [0.2, 0.25) is 11.6 Å². The Morgan fingerprint density at radius 1 is 1.13 bits per heavy atom. The van der Waals surface area contributed by atoms with Gasteiger partial charge in [-0.15, -0.1) is 5.10 Å². The molecule has 0 aliphatic carbocycles. The number of nitrogens with zero attached hydrogens (tertiary/aromatic N) is 4. The number of hydrogen-bond donors (Lipinski definition) is 1. The number of carbonyl (C=O) groups is 1. The van der Waals surface area contributed by atoms with Crippen molar-refractivity contribution in [2.75, 3.05) is 6.54 Å². The molecule has 0 saturated heterocycles. The molecule has 0 fully saturated rings. The number of benzene rings is 2. The van der Waals surface area contributed by atoms with Crippen LogP contribution in [-0.4, -0.2) is 31.6 Å². The van der Waals surface area contributed by atoms with E-state index in [-0.39, 0.29) is 24.0 Å². The van der Waals surface area contributed by atoms with E-state index < -0.39 is 5.69 Å². The van der Waals surface area contributed by atoms with E-state index in [4.69, 9.17) is 4.74 Å². The van der Waals surface area contributed by atoms with Gasteiger partial charge < -0.3 is 10.1 Å². The van der Waals surface area contributed by atoms with Crippen molar-refractivity contribution in [2.24, 2.45) is 0 Å². The lowest BCUT2D eigenvalue weighted by molar-refractivity contribution is -0.121. The monoisotopic (exact) mass is 419 g/mol. The van der Waals surface area contributed by atoms with Crippen molar-refractivity contribution >= 4 is 22.6 Å². The number of hydrogen-bond acceptors (Lipinski definition) is 5. The number of unbranched alkanes of at least 4 members (excludes halogenated alkanes) is 1. The van der Waals surface area contributed by atoms with Crippen LogP contribution in [0.25, 0.3) is 16.7 Å². The van der Waals surface area contributed by atoms with E-state index >= 15 is 0 Å². The summed E-state index contributed by atoms with van der Waals surface area (Å²) in [6.45, 7) is 6.43. The second kappa shape index (κ2) is 8.59. The van der Waals surface area contributed by atoms with E-state index in [1.165, 1.54) is 4.40 Å². The van der Waals surface area contributed by atoms with Crippen molar-refractivity contribution in [3.8, 4) is 11.6 Å². The van der Waals surface area contributed by atoms with Gasteiger partial charge in [-0.2, -0.15) is 0 Å². The van der Waals surface area contributed by atoms with E-state index in [2.05, 4.69) is 15.4 Å². The largest absolute Gasteiger partial charge is 0.436 e. The molecule has 1 N–H and O–H groups in total. The highest BCUT2D eigenvalue weighted by atomic mass is 16.5. The van der Waals surface area contributed by atoms with E-state index in [9.17, 15) is 9.59 Å². The molecule has 2 heterocycles. The van der Waals surface area contributed by atoms with Gasteiger partial charge in [-0.3, -0.25) is 4.79 Å². The Morgan fingerprint density at radius 3 is 2.74 bits per heavy atom. The van der Waals surface area contributed by atoms with Crippen LogP contribution in [-0.2, 0) is 11.3 Å². The molecular formula is C23H25N5O3. The topological polar surface area (TPSA) is 90.5 Å². The average Bonchev–Trinajstić information content (AvgIpc) is 3.08. The first-order chi connectivity index (χ1) is 15.0. The summed E-state index contributed by atoms with van der Waals surface area (Å²) >= 11 is 0. The quantitative estimate of drug-likeness (QED) is 0.464. The number of carbonyl (C=O) groups excluding carboxylic acids is 1. The number of aromatic nitrogens is 4. The van der Waals surface area contributed by atoms with Crippen LogP contribution < -0.4 is 15.7 Å². The van der Waals surface area contributed by atoms with E-state index in [0.29, 0.717) is 23.3 Å². The van der Waals surface area contributed by atoms with Crippen molar-refractivity contribution in [1.29, 1.82) is 0 Å². The van der Waals surface area contributed by atoms with Crippen LogP contribution in [0.15, 0.2) is 47.3 Å². The maximum atomic E-state index is 13.1. The zero-order valence-electron chi connectivity index (χ0n) is 17.9. The van der Waals surface area contributed by atoms with Gasteiger partial charge >= 0.3 is 5.69 Å². The first kappa shape index (κ1) is 20.6. The summed E-state index contributed by atoms with van der Waals surface area (Å²) in [5.74, 6) is 0.604. The van der Waals surface area contributed by atoms with E-state index in [1.807, 2.05) is 57.2 Å². The molecule has 0 spiro atoms. The number of aryl methyl sites for hydroxylation is 1. The zero-order valence-corrected chi connectivity index (χ0v) is 17.9. The van der Waals surface area contributed by atoms with Gasteiger partial charge in [0, 0.05) is 6.54 Å². The third kappa shape index (κ3) is 4.01. The predicted octanol–water partition coefficient (Wildman–Crippen LogP) is 3.37. The fraction of sp³-hybridized carbons (Fsp3) is 0.304. The van der Waals surface area contributed by atoms with Crippen molar-refractivity contribution in [3.63, 3.8) is 0 Å². The van der Waals surface area contributed by atoms with Gasteiger partial charge in [0.25, 0.3) is 5.88 Å². The van der Waals surface area contributed by atoms with Crippen molar-refractivity contribution in [3.05, 3.63) is 64.1 Å². The average molecular weight is 419 g/mol. The summed E-state index contributed by atoms with van der Waals surface area (Å²) in [7, 11) is 0. The molecule has 0 saturated carbocycles. The minimum Gasteiger partial charge on any atom is -0.436 e. The maximum absolute atomic E-state index is 13.1. The highest BCUT2D eigenvalue weighted by molar-refractivity contribution is 5.80. The van der Waals surface area contributed by atoms with E-state index in [0.717, 1.165) is 28.7 Å². The molecule has 0 radical (unpaired) electrons. The molecule has 4 aromatic rings. The number of nitrogens with one attached hydrogen (secondary N) is 1. The standard InChI is InChI=1S/C23H25N5O3/c1-4-5-13-24-20(29)14-27-23(30)28-18-11-7-6-10-17(18)25-22(21(28)26-27)31-19-12-8-9-15(2)16(19)3/h6-12H,4-5,13-14H2,1-3H3,(H,24,29).